The molecule has 0 aliphatic carbocycles. The number of hydrogen-bond acceptors (Lipinski definition) is 3. The summed E-state index contributed by atoms with van der Waals surface area (Å²) in [7, 11) is 0. The summed E-state index contributed by atoms with van der Waals surface area (Å²) in [4.78, 5) is 12.5. The Hall–Kier alpha value is -0.590. The van der Waals surface area contributed by atoms with Crippen molar-refractivity contribution >= 4 is 41.6 Å². The Bertz CT molecular complexity index is 516. The predicted molar refractivity (Wildman–Crippen MR) is 81.1 cm³/mol. The van der Waals surface area contributed by atoms with E-state index in [-0.39, 0.29) is 30.0 Å². The molecule has 1 N–H and O–H groups in total. The molecule has 1 aliphatic heterocycles. The molecule has 1 atom stereocenters. The van der Waals surface area contributed by atoms with Crippen LogP contribution >= 0.6 is 35.6 Å². The molecular formula is C13H15Cl3FNO3. The van der Waals surface area contributed by atoms with Gasteiger partial charge in [0.25, 0.3) is 0 Å². The van der Waals surface area contributed by atoms with Crippen LogP contribution in [0.4, 0.5) is 4.39 Å². The molecular weight excluding hydrogens is 344 g/mol. The van der Waals surface area contributed by atoms with Gasteiger partial charge in [-0.25, -0.2) is 4.39 Å². The van der Waals surface area contributed by atoms with Crippen molar-refractivity contribution in [1.29, 1.82) is 0 Å². The fourth-order valence-corrected chi connectivity index (χ4v) is 2.64. The van der Waals surface area contributed by atoms with Gasteiger partial charge in [0, 0.05) is 30.2 Å². The maximum atomic E-state index is 13.5. The molecule has 0 spiro atoms. The summed E-state index contributed by atoms with van der Waals surface area (Å²) >= 11 is 11.7. The molecule has 1 aliphatic rings. The minimum Gasteiger partial charge on any atom is -0.481 e. The summed E-state index contributed by atoms with van der Waals surface area (Å²) in [6, 6.07) is 2.63. The van der Waals surface area contributed by atoms with Crippen molar-refractivity contribution in [3.05, 3.63) is 33.6 Å². The van der Waals surface area contributed by atoms with Crippen LogP contribution in [-0.4, -0.2) is 42.2 Å². The van der Waals surface area contributed by atoms with E-state index < -0.39 is 11.8 Å². The molecule has 1 saturated heterocycles. The lowest BCUT2D eigenvalue weighted by Gasteiger charge is -2.33. The summed E-state index contributed by atoms with van der Waals surface area (Å²) in [6.45, 7) is 2.01. The van der Waals surface area contributed by atoms with Gasteiger partial charge in [0.2, 0.25) is 0 Å². The summed E-state index contributed by atoms with van der Waals surface area (Å²) in [6.07, 6.45) is -0.313. The normalized spacial score (nSPS) is 19.1. The van der Waals surface area contributed by atoms with Crippen molar-refractivity contribution in [2.45, 2.75) is 12.5 Å². The molecule has 1 aromatic carbocycles. The molecule has 8 heteroatoms. The lowest BCUT2D eigenvalue weighted by molar-refractivity contribution is -0.137. The van der Waals surface area contributed by atoms with Gasteiger partial charge in [0.15, 0.2) is 0 Å². The highest BCUT2D eigenvalue weighted by Gasteiger charge is 2.25. The number of hydrogen-bond donors (Lipinski definition) is 1. The van der Waals surface area contributed by atoms with Gasteiger partial charge in [-0.2, -0.15) is 0 Å². The van der Waals surface area contributed by atoms with Crippen molar-refractivity contribution in [3.63, 3.8) is 0 Å². The summed E-state index contributed by atoms with van der Waals surface area (Å²) in [5, 5.41) is 9.01. The molecule has 1 heterocycles. The Labute approximate surface area is 138 Å². The average molecular weight is 359 g/mol. The van der Waals surface area contributed by atoms with Crippen molar-refractivity contribution in [2.75, 3.05) is 26.2 Å². The van der Waals surface area contributed by atoms with Crippen LogP contribution in [0.25, 0.3) is 0 Å². The lowest BCUT2D eigenvalue weighted by Crippen LogP contribution is -2.39. The highest BCUT2D eigenvalue weighted by Crippen LogP contribution is 2.32. The third-order valence-electron chi connectivity index (χ3n) is 3.18. The van der Waals surface area contributed by atoms with Gasteiger partial charge in [-0.15, -0.1) is 12.4 Å². The van der Waals surface area contributed by atoms with Crippen LogP contribution in [0, 0.1) is 5.82 Å². The molecule has 0 radical (unpaired) electrons. The average Bonchev–Trinajstić information content (AvgIpc) is 2.41. The number of nitrogens with zero attached hydrogens (tertiary/aromatic N) is 1. The molecule has 0 saturated carbocycles. The van der Waals surface area contributed by atoms with Crippen LogP contribution in [0.1, 0.15) is 18.1 Å². The molecule has 118 valence electrons. The molecule has 0 bridgehead atoms. The largest absolute Gasteiger partial charge is 0.481 e. The third-order valence-corrected chi connectivity index (χ3v) is 3.80. The van der Waals surface area contributed by atoms with E-state index in [0.717, 1.165) is 0 Å². The first-order valence-corrected chi connectivity index (χ1v) is 6.93. The van der Waals surface area contributed by atoms with Gasteiger partial charge in [0.1, 0.15) is 5.82 Å². The van der Waals surface area contributed by atoms with E-state index in [0.29, 0.717) is 36.8 Å². The minimum atomic E-state index is -0.844. The number of carboxylic acids is 1. The zero-order chi connectivity index (χ0) is 14.7. The monoisotopic (exact) mass is 357 g/mol. The molecule has 0 aromatic heterocycles. The predicted octanol–water partition coefficient (Wildman–Crippen LogP) is 3.40. The minimum absolute atomic E-state index is 0. The maximum Gasteiger partial charge on any atom is 0.304 e. The van der Waals surface area contributed by atoms with Crippen LogP contribution in [0.5, 0.6) is 0 Å². The summed E-state index contributed by atoms with van der Waals surface area (Å²) < 4.78 is 19.1. The number of rotatable bonds is 4. The zero-order valence-corrected chi connectivity index (χ0v) is 13.3. The van der Waals surface area contributed by atoms with E-state index in [1.165, 1.54) is 12.1 Å². The molecule has 0 amide bonds. The number of carbonyl (C=O) groups is 1. The van der Waals surface area contributed by atoms with Crippen LogP contribution in [-0.2, 0) is 9.53 Å². The van der Waals surface area contributed by atoms with Crippen LogP contribution in [0.3, 0.4) is 0 Å². The second kappa shape index (κ2) is 8.15. The van der Waals surface area contributed by atoms with Gasteiger partial charge in [-0.1, -0.05) is 23.2 Å². The van der Waals surface area contributed by atoms with Gasteiger partial charge in [0.05, 0.1) is 24.2 Å². The van der Waals surface area contributed by atoms with E-state index in [4.69, 9.17) is 33.0 Å². The molecule has 4 nitrogen and oxygen atoms in total. The standard InChI is InChI=1S/C13H14Cl2FNO3.ClH/c14-9-6-10(15)11(16)5-8(9)12-7-17(3-4-20-12)2-1-13(18)19;/h5-6,12H,1-4,7H2,(H,18,19);1H. The second-order valence-electron chi connectivity index (χ2n) is 4.59. The lowest BCUT2D eigenvalue weighted by atomic mass is 10.1. The number of carboxylic acid groups (broad SMARTS) is 1. The molecule has 1 fully saturated rings. The van der Waals surface area contributed by atoms with Gasteiger partial charge < -0.3 is 9.84 Å². The van der Waals surface area contributed by atoms with Crippen LogP contribution in [0.2, 0.25) is 10.0 Å². The topological polar surface area (TPSA) is 49.8 Å². The first kappa shape index (κ1) is 18.5. The Kier molecular flexibility index (Phi) is 7.16. The number of aliphatic carboxylic acids is 1. The maximum absolute atomic E-state index is 13.5. The van der Waals surface area contributed by atoms with E-state index in [2.05, 4.69) is 0 Å². The third kappa shape index (κ3) is 4.97. The van der Waals surface area contributed by atoms with Gasteiger partial charge >= 0.3 is 5.97 Å². The smallest absolute Gasteiger partial charge is 0.304 e. The highest BCUT2D eigenvalue weighted by molar-refractivity contribution is 6.35. The highest BCUT2D eigenvalue weighted by atomic mass is 35.5. The van der Waals surface area contributed by atoms with E-state index in [1.807, 2.05) is 4.90 Å². The van der Waals surface area contributed by atoms with Crippen molar-refractivity contribution in [1.82, 2.24) is 4.90 Å². The Morgan fingerprint density at radius 1 is 1.43 bits per heavy atom. The van der Waals surface area contributed by atoms with Crippen molar-refractivity contribution in [2.24, 2.45) is 0 Å². The van der Waals surface area contributed by atoms with E-state index >= 15 is 0 Å². The Morgan fingerprint density at radius 3 is 2.81 bits per heavy atom. The summed E-state index contributed by atoms with van der Waals surface area (Å²) in [5.41, 5.74) is 0.536. The van der Waals surface area contributed by atoms with Gasteiger partial charge in [-0.3, -0.25) is 9.69 Å². The van der Waals surface area contributed by atoms with Crippen molar-refractivity contribution in [3.8, 4) is 0 Å². The van der Waals surface area contributed by atoms with Crippen LogP contribution < -0.4 is 0 Å². The Balaban J connectivity index is 0.00000220. The van der Waals surface area contributed by atoms with Crippen LogP contribution in [0.15, 0.2) is 12.1 Å². The van der Waals surface area contributed by atoms with E-state index in [1.54, 1.807) is 0 Å². The first-order chi connectivity index (χ1) is 9.47. The molecule has 2 rings (SSSR count). The fourth-order valence-electron chi connectivity index (χ4n) is 2.13. The number of benzene rings is 1. The zero-order valence-electron chi connectivity index (χ0n) is 11.0. The molecule has 21 heavy (non-hydrogen) atoms. The second-order valence-corrected chi connectivity index (χ2v) is 5.41. The first-order valence-electron chi connectivity index (χ1n) is 6.17. The van der Waals surface area contributed by atoms with Crippen molar-refractivity contribution < 1.29 is 19.0 Å². The SMILES string of the molecule is Cl.O=C(O)CCN1CCOC(c2cc(F)c(Cl)cc2Cl)C1. The number of ether oxygens (including phenoxy) is 1. The fraction of sp³-hybridized carbons (Fsp3) is 0.462. The van der Waals surface area contributed by atoms with E-state index in [9.17, 15) is 9.18 Å². The quantitative estimate of drug-likeness (QED) is 0.838. The number of halogens is 4. The number of morpholine rings is 1. The molecule has 1 unspecified atom stereocenters. The molecule has 1 aromatic rings. The Morgan fingerprint density at radius 2 is 2.14 bits per heavy atom. The van der Waals surface area contributed by atoms with Gasteiger partial charge in [-0.05, 0) is 12.1 Å². The summed E-state index contributed by atoms with van der Waals surface area (Å²) in [5.74, 6) is -1.39.